The highest BCUT2D eigenvalue weighted by molar-refractivity contribution is 5.86. The molecule has 22 heavy (non-hydrogen) atoms. The minimum Gasteiger partial charge on any atom is -0.497 e. The van der Waals surface area contributed by atoms with E-state index >= 15 is 0 Å². The Balaban J connectivity index is 2.25. The first-order chi connectivity index (χ1) is 10.3. The third-order valence-corrected chi connectivity index (χ3v) is 3.65. The first-order valence-electron chi connectivity index (χ1n) is 7.30. The largest absolute Gasteiger partial charge is 0.497 e. The number of hydrogen-bond donors (Lipinski definition) is 2. The number of anilines is 1. The van der Waals surface area contributed by atoms with E-state index in [0.717, 1.165) is 24.2 Å². The monoisotopic (exact) mass is 308 g/mol. The summed E-state index contributed by atoms with van der Waals surface area (Å²) in [5, 5.41) is 2.81. The van der Waals surface area contributed by atoms with Crippen LogP contribution in [0.15, 0.2) is 18.2 Å². The summed E-state index contributed by atoms with van der Waals surface area (Å²) in [5.41, 5.74) is 0.954. The molecule has 6 heteroatoms. The summed E-state index contributed by atoms with van der Waals surface area (Å²) in [6, 6.07) is 5.53. The minimum atomic E-state index is -0.547. The predicted octanol–water partition coefficient (Wildman–Crippen LogP) is 2.96. The van der Waals surface area contributed by atoms with Crippen LogP contribution in [0.25, 0.3) is 0 Å². The number of carbonyl (C=O) groups excluding carboxylic acids is 1. The summed E-state index contributed by atoms with van der Waals surface area (Å²) >= 11 is 0. The quantitative estimate of drug-likeness (QED) is 0.817. The van der Waals surface area contributed by atoms with E-state index < -0.39 is 11.7 Å². The molecule has 6 nitrogen and oxygen atoms in total. The molecule has 1 saturated carbocycles. The van der Waals surface area contributed by atoms with Crippen LogP contribution >= 0.6 is 0 Å². The standard InChI is InChI=1S/C16H24N2O4/c1-15(2,3)22-14(19)18-13-6-5-11(20-4)9-12(13)16(7-8-16)10-21-17/h5-6,9H,7-8,10,17H2,1-4H3,(H,18,19). The third-order valence-electron chi connectivity index (χ3n) is 3.65. The molecule has 3 N–H and O–H groups in total. The van der Waals surface area contributed by atoms with E-state index in [1.54, 1.807) is 13.2 Å². The lowest BCUT2D eigenvalue weighted by atomic mass is 9.94. The van der Waals surface area contributed by atoms with E-state index in [2.05, 4.69) is 5.32 Å². The molecule has 1 aliphatic carbocycles. The molecular weight excluding hydrogens is 284 g/mol. The van der Waals surface area contributed by atoms with Gasteiger partial charge in [-0.25, -0.2) is 10.7 Å². The molecule has 0 aliphatic heterocycles. The summed E-state index contributed by atoms with van der Waals surface area (Å²) in [5.74, 6) is 5.98. The minimum absolute atomic E-state index is 0.159. The van der Waals surface area contributed by atoms with Gasteiger partial charge in [0.1, 0.15) is 11.4 Å². The van der Waals surface area contributed by atoms with Crippen LogP contribution in [0, 0.1) is 0 Å². The number of nitrogens with one attached hydrogen (secondary N) is 1. The number of amides is 1. The van der Waals surface area contributed by atoms with Gasteiger partial charge in [0, 0.05) is 11.1 Å². The first-order valence-corrected chi connectivity index (χ1v) is 7.30. The van der Waals surface area contributed by atoms with E-state index in [-0.39, 0.29) is 5.41 Å². The Bertz CT molecular complexity index is 548. The van der Waals surface area contributed by atoms with Crippen molar-refractivity contribution in [3.63, 3.8) is 0 Å². The highest BCUT2D eigenvalue weighted by Crippen LogP contribution is 2.51. The van der Waals surface area contributed by atoms with Crippen molar-refractivity contribution < 1.29 is 19.1 Å². The second kappa shape index (κ2) is 6.14. The number of ether oxygens (including phenoxy) is 2. The molecule has 2 rings (SSSR count). The summed E-state index contributed by atoms with van der Waals surface area (Å²) in [7, 11) is 1.61. The second-order valence-corrected chi connectivity index (χ2v) is 6.63. The zero-order valence-electron chi connectivity index (χ0n) is 13.6. The van der Waals surface area contributed by atoms with Crippen molar-refractivity contribution in [3.05, 3.63) is 23.8 Å². The Morgan fingerprint density at radius 3 is 2.55 bits per heavy atom. The Kier molecular flexibility index (Phi) is 4.63. The molecule has 0 heterocycles. The van der Waals surface area contributed by atoms with Gasteiger partial charge in [-0.15, -0.1) is 0 Å². The average molecular weight is 308 g/mol. The maximum Gasteiger partial charge on any atom is 0.412 e. The molecule has 0 unspecified atom stereocenters. The van der Waals surface area contributed by atoms with Crippen molar-refractivity contribution in [2.75, 3.05) is 19.0 Å². The number of carbonyl (C=O) groups is 1. The fraction of sp³-hybridized carbons (Fsp3) is 0.562. The van der Waals surface area contributed by atoms with Gasteiger partial charge in [0.25, 0.3) is 0 Å². The average Bonchev–Trinajstić information content (AvgIpc) is 3.18. The SMILES string of the molecule is COc1ccc(NC(=O)OC(C)(C)C)c(C2(CON)CC2)c1. The van der Waals surface area contributed by atoms with Crippen LogP contribution in [0.4, 0.5) is 10.5 Å². The van der Waals surface area contributed by atoms with Crippen LogP contribution in [-0.2, 0) is 15.0 Å². The van der Waals surface area contributed by atoms with Gasteiger partial charge in [0.15, 0.2) is 0 Å². The fourth-order valence-corrected chi connectivity index (χ4v) is 2.41. The van der Waals surface area contributed by atoms with Gasteiger partial charge in [-0.1, -0.05) is 0 Å². The smallest absolute Gasteiger partial charge is 0.412 e. The Hall–Kier alpha value is -1.79. The summed E-state index contributed by atoms with van der Waals surface area (Å²) in [4.78, 5) is 16.9. The van der Waals surface area contributed by atoms with Crippen molar-refractivity contribution >= 4 is 11.8 Å². The number of nitrogens with two attached hydrogens (primary N) is 1. The molecule has 0 radical (unpaired) electrons. The molecule has 0 spiro atoms. The maximum atomic E-state index is 12.0. The number of rotatable bonds is 5. The normalized spacial score (nSPS) is 16.0. The zero-order valence-corrected chi connectivity index (χ0v) is 13.6. The molecule has 1 aliphatic rings. The van der Waals surface area contributed by atoms with Gasteiger partial charge < -0.3 is 14.3 Å². The van der Waals surface area contributed by atoms with E-state index in [0.29, 0.717) is 12.3 Å². The number of methoxy groups -OCH3 is 1. The van der Waals surface area contributed by atoms with Crippen LogP contribution in [-0.4, -0.2) is 25.4 Å². The molecule has 1 fully saturated rings. The maximum absolute atomic E-state index is 12.0. The molecule has 0 bridgehead atoms. The van der Waals surface area contributed by atoms with Crippen molar-refractivity contribution in [1.29, 1.82) is 0 Å². The van der Waals surface area contributed by atoms with Crippen molar-refractivity contribution in [1.82, 2.24) is 0 Å². The fourth-order valence-electron chi connectivity index (χ4n) is 2.41. The molecule has 122 valence electrons. The van der Waals surface area contributed by atoms with Crippen molar-refractivity contribution in [3.8, 4) is 5.75 Å². The van der Waals surface area contributed by atoms with Gasteiger partial charge in [-0.3, -0.25) is 5.32 Å². The van der Waals surface area contributed by atoms with Crippen LogP contribution in [0.2, 0.25) is 0 Å². The van der Waals surface area contributed by atoms with E-state index in [1.807, 2.05) is 32.9 Å². The second-order valence-electron chi connectivity index (χ2n) is 6.63. The van der Waals surface area contributed by atoms with Gasteiger partial charge in [-0.2, -0.15) is 0 Å². The van der Waals surface area contributed by atoms with E-state index in [1.165, 1.54) is 0 Å². The van der Waals surface area contributed by atoms with Crippen LogP contribution in [0.5, 0.6) is 5.75 Å². The molecular formula is C16H24N2O4. The molecule has 0 aromatic heterocycles. The molecule has 0 atom stereocenters. The summed E-state index contributed by atoms with van der Waals surface area (Å²) in [6.07, 6.45) is 1.43. The predicted molar refractivity (Wildman–Crippen MR) is 83.9 cm³/mol. The lowest BCUT2D eigenvalue weighted by molar-refractivity contribution is 0.0635. The molecule has 1 aromatic carbocycles. The lowest BCUT2D eigenvalue weighted by Gasteiger charge is -2.23. The number of hydrogen-bond acceptors (Lipinski definition) is 5. The summed E-state index contributed by atoms with van der Waals surface area (Å²) in [6.45, 7) is 5.88. The van der Waals surface area contributed by atoms with Gasteiger partial charge in [-0.05, 0) is 57.4 Å². The van der Waals surface area contributed by atoms with Gasteiger partial charge >= 0.3 is 6.09 Å². The Morgan fingerprint density at radius 1 is 1.36 bits per heavy atom. The zero-order chi connectivity index (χ0) is 16.4. The van der Waals surface area contributed by atoms with Crippen LogP contribution < -0.4 is 16.0 Å². The molecule has 1 amide bonds. The highest BCUT2D eigenvalue weighted by atomic mass is 16.6. The summed E-state index contributed by atoms with van der Waals surface area (Å²) < 4.78 is 10.6. The van der Waals surface area contributed by atoms with Crippen LogP contribution in [0.1, 0.15) is 39.2 Å². The van der Waals surface area contributed by atoms with Crippen molar-refractivity contribution in [2.45, 2.75) is 44.6 Å². The van der Waals surface area contributed by atoms with E-state index in [9.17, 15) is 4.79 Å². The van der Waals surface area contributed by atoms with Gasteiger partial charge in [0.2, 0.25) is 0 Å². The van der Waals surface area contributed by atoms with Crippen molar-refractivity contribution in [2.24, 2.45) is 5.90 Å². The van der Waals surface area contributed by atoms with Gasteiger partial charge in [0.05, 0.1) is 13.7 Å². The topological polar surface area (TPSA) is 82.8 Å². The lowest BCUT2D eigenvalue weighted by Crippen LogP contribution is -2.28. The Labute approximate surface area is 130 Å². The first kappa shape index (κ1) is 16.6. The van der Waals surface area contributed by atoms with E-state index in [4.69, 9.17) is 20.2 Å². The Morgan fingerprint density at radius 2 is 2.05 bits per heavy atom. The highest BCUT2D eigenvalue weighted by Gasteiger charge is 2.46. The van der Waals surface area contributed by atoms with Crippen LogP contribution in [0.3, 0.4) is 0 Å². The molecule has 1 aromatic rings. The third kappa shape index (κ3) is 3.90. The number of benzene rings is 1. The molecule has 0 saturated heterocycles.